The average molecular weight is 348 g/mol. The second-order valence-corrected chi connectivity index (χ2v) is 7.34. The molecule has 0 bridgehead atoms. The van der Waals surface area contributed by atoms with E-state index in [2.05, 4.69) is 0 Å². The monoisotopic (exact) mass is 348 g/mol. The van der Waals surface area contributed by atoms with Gasteiger partial charge >= 0.3 is 5.97 Å². The van der Waals surface area contributed by atoms with Gasteiger partial charge in [0.25, 0.3) is 16.1 Å². The fraction of sp³-hybridized carbons (Fsp3) is 0.500. The van der Waals surface area contributed by atoms with E-state index in [1.165, 1.54) is 0 Å². The van der Waals surface area contributed by atoms with Crippen molar-refractivity contribution in [3.8, 4) is 0 Å². The molecule has 1 aromatic carbocycles. The summed E-state index contributed by atoms with van der Waals surface area (Å²) in [5.74, 6) is -4.17. The van der Waals surface area contributed by atoms with Crippen molar-refractivity contribution in [3.05, 3.63) is 35.9 Å². The molecule has 23 heavy (non-hydrogen) atoms. The largest absolute Gasteiger partial charge is 0.480 e. The standard InChI is InChI=1S/C14H18F2N2O4S/c15-14(16)6-8-17(9-7-14)23(21,22)18(11-13(19)20)10-12-4-2-1-3-5-12/h1-5H,6-11H2,(H,19,20). The van der Waals surface area contributed by atoms with Crippen molar-refractivity contribution in [2.75, 3.05) is 19.6 Å². The van der Waals surface area contributed by atoms with E-state index in [1.807, 2.05) is 0 Å². The minimum Gasteiger partial charge on any atom is -0.480 e. The highest BCUT2D eigenvalue weighted by Crippen LogP contribution is 2.29. The highest BCUT2D eigenvalue weighted by Gasteiger charge is 2.40. The van der Waals surface area contributed by atoms with Gasteiger partial charge in [0.2, 0.25) is 0 Å². The van der Waals surface area contributed by atoms with Crippen LogP contribution in [0.25, 0.3) is 0 Å². The van der Waals surface area contributed by atoms with Crippen molar-refractivity contribution in [2.45, 2.75) is 25.3 Å². The molecule has 9 heteroatoms. The van der Waals surface area contributed by atoms with Crippen LogP contribution in [0.15, 0.2) is 30.3 Å². The van der Waals surface area contributed by atoms with Crippen LogP contribution in [0, 0.1) is 0 Å². The Balaban J connectivity index is 2.18. The third kappa shape index (κ3) is 4.69. The van der Waals surface area contributed by atoms with Gasteiger partial charge in [-0.1, -0.05) is 30.3 Å². The van der Waals surface area contributed by atoms with E-state index < -0.39 is 41.5 Å². The highest BCUT2D eigenvalue weighted by molar-refractivity contribution is 7.86. The van der Waals surface area contributed by atoms with Gasteiger partial charge < -0.3 is 5.11 Å². The van der Waals surface area contributed by atoms with E-state index in [0.29, 0.717) is 5.56 Å². The number of alkyl halides is 2. The van der Waals surface area contributed by atoms with Crippen molar-refractivity contribution in [1.82, 2.24) is 8.61 Å². The first-order chi connectivity index (χ1) is 10.7. The SMILES string of the molecule is O=C(O)CN(Cc1ccccc1)S(=O)(=O)N1CCC(F)(F)CC1. The molecule has 0 aliphatic carbocycles. The summed E-state index contributed by atoms with van der Waals surface area (Å²) >= 11 is 0. The molecule has 1 aliphatic rings. The van der Waals surface area contributed by atoms with Crippen LogP contribution in [0.5, 0.6) is 0 Å². The van der Waals surface area contributed by atoms with E-state index in [4.69, 9.17) is 5.11 Å². The lowest BCUT2D eigenvalue weighted by molar-refractivity contribution is -0.137. The van der Waals surface area contributed by atoms with E-state index in [9.17, 15) is 22.0 Å². The van der Waals surface area contributed by atoms with Gasteiger partial charge in [0.05, 0.1) is 0 Å². The molecule has 0 unspecified atom stereocenters. The Morgan fingerprint density at radius 3 is 2.30 bits per heavy atom. The van der Waals surface area contributed by atoms with Crippen LogP contribution in [0.4, 0.5) is 8.78 Å². The first-order valence-electron chi connectivity index (χ1n) is 7.09. The zero-order valence-electron chi connectivity index (χ0n) is 12.4. The molecule has 1 N–H and O–H groups in total. The molecule has 1 aliphatic heterocycles. The van der Waals surface area contributed by atoms with Gasteiger partial charge in [0.1, 0.15) is 6.54 Å². The summed E-state index contributed by atoms with van der Waals surface area (Å²) in [6.07, 6.45) is -1.11. The van der Waals surface area contributed by atoms with Gasteiger partial charge in [-0.2, -0.15) is 17.0 Å². The normalized spacial score (nSPS) is 18.9. The summed E-state index contributed by atoms with van der Waals surface area (Å²) in [4.78, 5) is 11.0. The zero-order chi connectivity index (χ0) is 17.1. The van der Waals surface area contributed by atoms with Crippen molar-refractivity contribution < 1.29 is 27.1 Å². The van der Waals surface area contributed by atoms with Crippen molar-refractivity contribution in [2.24, 2.45) is 0 Å². The number of hydrogen-bond acceptors (Lipinski definition) is 3. The number of carbonyl (C=O) groups is 1. The Morgan fingerprint density at radius 2 is 1.78 bits per heavy atom. The summed E-state index contributed by atoms with van der Waals surface area (Å²) in [5.41, 5.74) is 0.625. The number of hydrogen-bond donors (Lipinski definition) is 1. The summed E-state index contributed by atoms with van der Waals surface area (Å²) in [5, 5.41) is 8.96. The van der Waals surface area contributed by atoms with Crippen LogP contribution in [0.3, 0.4) is 0 Å². The number of nitrogens with zero attached hydrogens (tertiary/aromatic N) is 2. The van der Waals surface area contributed by atoms with Gasteiger partial charge in [-0.05, 0) is 5.56 Å². The van der Waals surface area contributed by atoms with Gasteiger partial charge in [0, 0.05) is 32.5 Å². The number of aliphatic carboxylic acids is 1. The van der Waals surface area contributed by atoms with Gasteiger partial charge in [-0.15, -0.1) is 0 Å². The Bertz CT molecular complexity index is 642. The minimum absolute atomic E-state index is 0.123. The fourth-order valence-electron chi connectivity index (χ4n) is 2.36. The van der Waals surface area contributed by atoms with Crippen LogP contribution in [-0.2, 0) is 21.5 Å². The Kier molecular flexibility index (Phi) is 5.33. The molecule has 2 rings (SSSR count). The number of carboxylic acid groups (broad SMARTS) is 1. The van der Waals surface area contributed by atoms with E-state index in [-0.39, 0.29) is 19.6 Å². The molecule has 1 fully saturated rings. The molecule has 1 aromatic rings. The van der Waals surface area contributed by atoms with Crippen LogP contribution >= 0.6 is 0 Å². The molecule has 6 nitrogen and oxygen atoms in total. The third-order valence-corrected chi connectivity index (χ3v) is 5.55. The molecule has 1 saturated heterocycles. The smallest absolute Gasteiger partial charge is 0.318 e. The maximum absolute atomic E-state index is 13.2. The topological polar surface area (TPSA) is 77.9 Å². The predicted molar refractivity (Wildman–Crippen MR) is 79.2 cm³/mol. The number of rotatable bonds is 6. The second kappa shape index (κ2) is 6.90. The number of benzene rings is 1. The summed E-state index contributed by atoms with van der Waals surface area (Å²) < 4.78 is 53.3. The number of halogens is 2. The molecule has 0 saturated carbocycles. The Morgan fingerprint density at radius 1 is 1.22 bits per heavy atom. The quantitative estimate of drug-likeness (QED) is 0.846. The fourth-order valence-corrected chi connectivity index (χ4v) is 3.92. The minimum atomic E-state index is -4.12. The molecule has 0 amide bonds. The van der Waals surface area contributed by atoms with Crippen LogP contribution in [0.2, 0.25) is 0 Å². The second-order valence-electron chi connectivity index (χ2n) is 5.41. The van der Waals surface area contributed by atoms with Gasteiger partial charge in [-0.25, -0.2) is 8.78 Å². The number of carboxylic acids is 1. The average Bonchev–Trinajstić information content (AvgIpc) is 2.46. The van der Waals surface area contributed by atoms with Gasteiger partial charge in [-0.3, -0.25) is 4.79 Å². The van der Waals surface area contributed by atoms with E-state index in [1.54, 1.807) is 30.3 Å². The zero-order valence-corrected chi connectivity index (χ0v) is 13.2. The molecule has 0 aromatic heterocycles. The third-order valence-electron chi connectivity index (χ3n) is 3.62. The van der Waals surface area contributed by atoms with Gasteiger partial charge in [0.15, 0.2) is 0 Å². The lowest BCUT2D eigenvalue weighted by atomic mass is 10.1. The summed E-state index contributed by atoms with van der Waals surface area (Å²) in [7, 11) is -4.12. The highest BCUT2D eigenvalue weighted by atomic mass is 32.2. The first-order valence-corrected chi connectivity index (χ1v) is 8.49. The van der Waals surface area contributed by atoms with E-state index >= 15 is 0 Å². The lowest BCUT2D eigenvalue weighted by Crippen LogP contribution is -2.50. The Labute approximate surface area is 133 Å². The van der Waals surface area contributed by atoms with Crippen LogP contribution in [0.1, 0.15) is 18.4 Å². The lowest BCUT2D eigenvalue weighted by Gasteiger charge is -2.34. The van der Waals surface area contributed by atoms with E-state index in [0.717, 1.165) is 8.61 Å². The predicted octanol–water partition coefficient (Wildman–Crippen LogP) is 1.55. The summed E-state index contributed by atoms with van der Waals surface area (Å²) in [6.45, 7) is -1.48. The molecule has 1 heterocycles. The van der Waals surface area contributed by atoms with Crippen LogP contribution in [-0.4, -0.2) is 53.7 Å². The molecular weight excluding hydrogens is 330 g/mol. The number of piperidine rings is 1. The molecule has 0 radical (unpaired) electrons. The van der Waals surface area contributed by atoms with Crippen molar-refractivity contribution in [1.29, 1.82) is 0 Å². The molecule has 0 atom stereocenters. The Hall–Kier alpha value is -1.58. The maximum Gasteiger partial charge on any atom is 0.318 e. The maximum atomic E-state index is 13.2. The summed E-state index contributed by atoms with van der Waals surface area (Å²) in [6, 6.07) is 8.53. The first kappa shape index (κ1) is 17.8. The molecule has 0 spiro atoms. The molecule has 128 valence electrons. The molecular formula is C14H18F2N2O4S. The van der Waals surface area contributed by atoms with Crippen molar-refractivity contribution in [3.63, 3.8) is 0 Å². The van der Waals surface area contributed by atoms with Crippen LogP contribution < -0.4 is 0 Å². The van der Waals surface area contributed by atoms with Crippen molar-refractivity contribution >= 4 is 16.2 Å².